The maximum atomic E-state index is 12.7. The van der Waals surface area contributed by atoms with Crippen molar-refractivity contribution in [1.82, 2.24) is 14.9 Å². The van der Waals surface area contributed by atoms with Crippen LogP contribution in [0.5, 0.6) is 0 Å². The van der Waals surface area contributed by atoms with E-state index >= 15 is 0 Å². The highest BCUT2D eigenvalue weighted by molar-refractivity contribution is 7.21. The van der Waals surface area contributed by atoms with Crippen LogP contribution in [0.25, 0.3) is 10.3 Å². The van der Waals surface area contributed by atoms with E-state index in [0.717, 1.165) is 46.2 Å². The molecule has 1 fully saturated rings. The van der Waals surface area contributed by atoms with Crippen molar-refractivity contribution >= 4 is 55.9 Å². The van der Waals surface area contributed by atoms with E-state index in [9.17, 15) is 9.59 Å². The van der Waals surface area contributed by atoms with Crippen LogP contribution in [0.2, 0.25) is 5.02 Å². The Kier molecular flexibility index (Phi) is 6.67. The fraction of sp³-hybridized carbons (Fsp3) is 0.364. The largest absolute Gasteiger partial charge is 0.346 e. The molecule has 0 atom stereocenters. The minimum atomic E-state index is -0.169. The van der Waals surface area contributed by atoms with E-state index in [0.29, 0.717) is 18.1 Å². The van der Waals surface area contributed by atoms with Crippen LogP contribution in [0.15, 0.2) is 36.5 Å². The summed E-state index contributed by atoms with van der Waals surface area (Å²) >= 11 is 7.53. The molecule has 0 unspecified atom stereocenters. The molecule has 162 valence electrons. The van der Waals surface area contributed by atoms with Crippen LogP contribution in [-0.4, -0.2) is 52.9 Å². The van der Waals surface area contributed by atoms with E-state index in [1.807, 2.05) is 24.0 Å². The van der Waals surface area contributed by atoms with Crippen LogP contribution < -0.4 is 10.2 Å². The van der Waals surface area contributed by atoms with Crippen molar-refractivity contribution in [2.45, 2.75) is 26.2 Å². The monoisotopic (exact) mass is 457 g/mol. The van der Waals surface area contributed by atoms with Gasteiger partial charge in [0, 0.05) is 55.9 Å². The standard InChI is InChI=1S/C22H24ClN5O2S/c1-15-14-16(23)5-6-17(15)25-19(29)7-8-20(30)27-10-3-11-28(13-12-27)22-26-18-4-2-9-24-21(18)31-22/h2,4-6,9,14H,3,7-8,10-13H2,1H3,(H,25,29). The first-order valence-electron chi connectivity index (χ1n) is 10.3. The first kappa shape index (κ1) is 21.5. The molecule has 1 aliphatic heterocycles. The molecule has 0 aliphatic carbocycles. The summed E-state index contributed by atoms with van der Waals surface area (Å²) in [6, 6.07) is 9.16. The molecule has 0 spiro atoms. The number of rotatable bonds is 5. The Morgan fingerprint density at radius 3 is 2.84 bits per heavy atom. The Bertz CT molecular complexity index is 1070. The number of fused-ring (bicyclic) bond motifs is 1. The van der Waals surface area contributed by atoms with Crippen molar-refractivity contribution in [1.29, 1.82) is 0 Å². The van der Waals surface area contributed by atoms with Crippen molar-refractivity contribution in [3.05, 3.63) is 47.1 Å². The van der Waals surface area contributed by atoms with Gasteiger partial charge in [0.15, 0.2) is 5.13 Å². The molecule has 1 N–H and O–H groups in total. The van der Waals surface area contributed by atoms with Gasteiger partial charge in [-0.25, -0.2) is 9.97 Å². The summed E-state index contributed by atoms with van der Waals surface area (Å²) in [6.45, 7) is 4.77. The minimum Gasteiger partial charge on any atom is -0.346 e. The van der Waals surface area contributed by atoms with Crippen molar-refractivity contribution in [2.75, 3.05) is 36.4 Å². The fourth-order valence-electron chi connectivity index (χ4n) is 3.61. The number of aromatic nitrogens is 2. The quantitative estimate of drug-likeness (QED) is 0.623. The predicted octanol–water partition coefficient (Wildman–Crippen LogP) is 4.11. The summed E-state index contributed by atoms with van der Waals surface area (Å²) in [5.74, 6) is -0.159. The molecule has 3 aromatic rings. The average Bonchev–Trinajstić information content (AvgIpc) is 3.03. The van der Waals surface area contributed by atoms with E-state index in [4.69, 9.17) is 11.6 Å². The molecule has 1 saturated heterocycles. The zero-order valence-corrected chi connectivity index (χ0v) is 18.9. The van der Waals surface area contributed by atoms with Crippen LogP contribution in [-0.2, 0) is 9.59 Å². The minimum absolute atomic E-state index is 0.01000. The number of carbonyl (C=O) groups is 2. The molecule has 4 rings (SSSR count). The van der Waals surface area contributed by atoms with Crippen molar-refractivity contribution in [3.8, 4) is 0 Å². The Morgan fingerprint density at radius 1 is 1.16 bits per heavy atom. The van der Waals surface area contributed by atoms with Crippen LogP contribution in [0.1, 0.15) is 24.8 Å². The van der Waals surface area contributed by atoms with Gasteiger partial charge in [-0.3, -0.25) is 9.59 Å². The van der Waals surface area contributed by atoms with Gasteiger partial charge in [-0.1, -0.05) is 22.9 Å². The van der Waals surface area contributed by atoms with Crippen LogP contribution >= 0.6 is 22.9 Å². The number of carbonyl (C=O) groups excluding carboxylic acids is 2. The molecule has 2 aromatic heterocycles. The molecule has 1 aromatic carbocycles. The Balaban J connectivity index is 1.28. The number of hydrogen-bond donors (Lipinski definition) is 1. The summed E-state index contributed by atoms with van der Waals surface area (Å²) in [5.41, 5.74) is 2.52. The van der Waals surface area contributed by atoms with E-state index in [-0.39, 0.29) is 24.7 Å². The van der Waals surface area contributed by atoms with Gasteiger partial charge in [0.2, 0.25) is 11.8 Å². The third kappa shape index (κ3) is 5.32. The molecule has 3 heterocycles. The Hall–Kier alpha value is -2.71. The smallest absolute Gasteiger partial charge is 0.224 e. The number of nitrogens with one attached hydrogen (secondary N) is 1. The summed E-state index contributed by atoms with van der Waals surface area (Å²) in [7, 11) is 0. The third-order valence-electron chi connectivity index (χ3n) is 5.30. The van der Waals surface area contributed by atoms with Gasteiger partial charge in [-0.05, 0) is 49.2 Å². The van der Waals surface area contributed by atoms with Crippen molar-refractivity contribution in [3.63, 3.8) is 0 Å². The zero-order valence-electron chi connectivity index (χ0n) is 17.3. The summed E-state index contributed by atoms with van der Waals surface area (Å²) in [4.78, 5) is 39.0. The third-order valence-corrected chi connectivity index (χ3v) is 6.58. The highest BCUT2D eigenvalue weighted by atomic mass is 35.5. The number of amides is 2. The van der Waals surface area contributed by atoms with Crippen molar-refractivity contribution in [2.24, 2.45) is 0 Å². The molecular weight excluding hydrogens is 434 g/mol. The highest BCUT2D eigenvalue weighted by Crippen LogP contribution is 2.27. The lowest BCUT2D eigenvalue weighted by Crippen LogP contribution is -2.35. The van der Waals surface area contributed by atoms with Gasteiger partial charge < -0.3 is 15.1 Å². The molecule has 1 aliphatic rings. The number of halogens is 1. The van der Waals surface area contributed by atoms with E-state index in [2.05, 4.69) is 20.2 Å². The van der Waals surface area contributed by atoms with E-state index < -0.39 is 0 Å². The summed E-state index contributed by atoms with van der Waals surface area (Å²) in [6.07, 6.45) is 3.00. The molecule has 31 heavy (non-hydrogen) atoms. The lowest BCUT2D eigenvalue weighted by Gasteiger charge is -2.21. The van der Waals surface area contributed by atoms with Crippen LogP contribution in [0.3, 0.4) is 0 Å². The lowest BCUT2D eigenvalue weighted by molar-refractivity contribution is -0.132. The van der Waals surface area contributed by atoms with Crippen LogP contribution in [0.4, 0.5) is 10.8 Å². The fourth-order valence-corrected chi connectivity index (χ4v) is 4.80. The molecule has 0 radical (unpaired) electrons. The zero-order chi connectivity index (χ0) is 21.8. The number of hydrogen-bond acceptors (Lipinski definition) is 6. The van der Waals surface area contributed by atoms with Gasteiger partial charge >= 0.3 is 0 Å². The van der Waals surface area contributed by atoms with Gasteiger partial charge in [0.05, 0.1) is 0 Å². The summed E-state index contributed by atoms with van der Waals surface area (Å²) in [5, 5.41) is 4.43. The van der Waals surface area contributed by atoms with Gasteiger partial charge in [0.1, 0.15) is 10.3 Å². The number of benzene rings is 1. The maximum absolute atomic E-state index is 12.7. The first-order chi connectivity index (χ1) is 15.0. The SMILES string of the molecule is Cc1cc(Cl)ccc1NC(=O)CCC(=O)N1CCCN(c2nc3cccnc3s2)CC1. The average molecular weight is 458 g/mol. The molecule has 7 nitrogen and oxygen atoms in total. The number of aryl methyl sites for hydroxylation is 1. The van der Waals surface area contributed by atoms with Crippen LogP contribution in [0, 0.1) is 6.92 Å². The molecule has 9 heteroatoms. The molecule has 0 bridgehead atoms. The van der Waals surface area contributed by atoms with Gasteiger partial charge in [-0.15, -0.1) is 0 Å². The highest BCUT2D eigenvalue weighted by Gasteiger charge is 2.22. The van der Waals surface area contributed by atoms with E-state index in [1.165, 1.54) is 0 Å². The molecule has 2 amide bonds. The molecular formula is C22H24ClN5O2S. The number of anilines is 2. The van der Waals surface area contributed by atoms with Gasteiger partial charge in [-0.2, -0.15) is 0 Å². The van der Waals surface area contributed by atoms with E-state index in [1.54, 1.807) is 35.7 Å². The molecule has 0 saturated carbocycles. The second-order valence-electron chi connectivity index (χ2n) is 7.55. The maximum Gasteiger partial charge on any atom is 0.224 e. The summed E-state index contributed by atoms with van der Waals surface area (Å²) < 4.78 is 0. The second kappa shape index (κ2) is 9.62. The Morgan fingerprint density at radius 2 is 2.03 bits per heavy atom. The normalized spacial score (nSPS) is 14.5. The van der Waals surface area contributed by atoms with Gasteiger partial charge in [0.25, 0.3) is 0 Å². The van der Waals surface area contributed by atoms with Crippen molar-refractivity contribution < 1.29 is 9.59 Å². The lowest BCUT2D eigenvalue weighted by atomic mass is 10.2. The second-order valence-corrected chi connectivity index (χ2v) is 8.95. The first-order valence-corrected chi connectivity index (χ1v) is 11.5. The topological polar surface area (TPSA) is 78.4 Å². The Labute approximate surface area is 190 Å². The number of pyridine rings is 1. The number of thiazole rings is 1. The number of nitrogens with zero attached hydrogens (tertiary/aromatic N) is 4. The predicted molar refractivity (Wildman–Crippen MR) is 125 cm³/mol.